The lowest BCUT2D eigenvalue weighted by molar-refractivity contribution is -0.117. The number of rotatable bonds is 5. The summed E-state index contributed by atoms with van der Waals surface area (Å²) in [7, 11) is 0. The number of carbonyl (C=O) groups excluding carboxylic acids is 1. The quantitative estimate of drug-likeness (QED) is 0.659. The van der Waals surface area contributed by atoms with Gasteiger partial charge in [-0.2, -0.15) is 5.26 Å². The molecule has 1 aliphatic rings. The molecule has 1 amide bonds. The summed E-state index contributed by atoms with van der Waals surface area (Å²) in [6.07, 6.45) is 3.80. The van der Waals surface area contributed by atoms with Crippen LogP contribution in [0.5, 0.6) is 0 Å². The van der Waals surface area contributed by atoms with E-state index in [0.717, 1.165) is 43.3 Å². The van der Waals surface area contributed by atoms with Gasteiger partial charge in [0.25, 0.3) is 5.91 Å². The summed E-state index contributed by atoms with van der Waals surface area (Å²) >= 11 is 0. The zero-order valence-electron chi connectivity index (χ0n) is 14.9. The number of piperidine rings is 1. The van der Waals surface area contributed by atoms with Crippen LogP contribution in [-0.2, 0) is 11.3 Å². The molecule has 1 aromatic carbocycles. The molecule has 1 N–H and O–H groups in total. The monoisotopic (exact) mass is 349 g/mol. The highest BCUT2D eigenvalue weighted by molar-refractivity contribution is 6.01. The van der Waals surface area contributed by atoms with E-state index in [0.29, 0.717) is 12.3 Å². The zero-order chi connectivity index (χ0) is 18.4. The number of anilines is 1. The van der Waals surface area contributed by atoms with Crippen LogP contribution >= 0.6 is 0 Å². The second-order valence-corrected chi connectivity index (χ2v) is 6.68. The Morgan fingerprint density at radius 2 is 2.00 bits per heavy atom. The molecular weight excluding hydrogens is 326 g/mol. The van der Waals surface area contributed by atoms with Crippen molar-refractivity contribution in [1.82, 2.24) is 5.32 Å². The van der Waals surface area contributed by atoms with Crippen LogP contribution in [0.3, 0.4) is 0 Å². The second-order valence-electron chi connectivity index (χ2n) is 6.68. The van der Waals surface area contributed by atoms with Crippen molar-refractivity contribution < 1.29 is 9.21 Å². The number of carbonyl (C=O) groups is 1. The molecule has 0 radical (unpaired) electrons. The summed E-state index contributed by atoms with van der Waals surface area (Å²) in [5.41, 5.74) is 1.02. The van der Waals surface area contributed by atoms with E-state index in [9.17, 15) is 10.1 Å². The number of hydrogen-bond acceptors (Lipinski definition) is 4. The fourth-order valence-corrected chi connectivity index (χ4v) is 2.98. The summed E-state index contributed by atoms with van der Waals surface area (Å²) in [6.45, 7) is 4.59. The number of amides is 1. The van der Waals surface area contributed by atoms with Gasteiger partial charge in [-0.1, -0.05) is 37.3 Å². The molecule has 134 valence electrons. The van der Waals surface area contributed by atoms with Gasteiger partial charge in [0.1, 0.15) is 17.4 Å². The first-order valence-electron chi connectivity index (χ1n) is 8.94. The summed E-state index contributed by atoms with van der Waals surface area (Å²) in [5.74, 6) is 1.66. The van der Waals surface area contributed by atoms with Crippen LogP contribution in [0.1, 0.15) is 31.1 Å². The molecular formula is C21H23N3O2. The summed E-state index contributed by atoms with van der Waals surface area (Å²) in [5, 5.41) is 12.1. The Labute approximate surface area is 153 Å². The third-order valence-electron chi connectivity index (χ3n) is 4.66. The Kier molecular flexibility index (Phi) is 5.75. The molecule has 0 spiro atoms. The third kappa shape index (κ3) is 4.54. The molecule has 1 aliphatic heterocycles. The van der Waals surface area contributed by atoms with Crippen LogP contribution in [-0.4, -0.2) is 19.0 Å². The molecule has 1 fully saturated rings. The van der Waals surface area contributed by atoms with Gasteiger partial charge in [-0.3, -0.25) is 4.79 Å². The molecule has 5 heteroatoms. The van der Waals surface area contributed by atoms with Crippen molar-refractivity contribution >= 4 is 17.9 Å². The predicted molar refractivity (Wildman–Crippen MR) is 101 cm³/mol. The molecule has 0 unspecified atom stereocenters. The van der Waals surface area contributed by atoms with Gasteiger partial charge < -0.3 is 14.6 Å². The highest BCUT2D eigenvalue weighted by Gasteiger charge is 2.18. The average Bonchev–Trinajstić information content (AvgIpc) is 3.14. The van der Waals surface area contributed by atoms with Gasteiger partial charge in [0.15, 0.2) is 5.88 Å². The van der Waals surface area contributed by atoms with E-state index in [4.69, 9.17) is 4.42 Å². The zero-order valence-corrected chi connectivity index (χ0v) is 14.9. The number of nitrogens with zero attached hydrogens (tertiary/aromatic N) is 2. The summed E-state index contributed by atoms with van der Waals surface area (Å²) in [4.78, 5) is 14.4. The lowest BCUT2D eigenvalue weighted by Crippen LogP contribution is -2.32. The Hall–Kier alpha value is -3.00. The topological polar surface area (TPSA) is 69.3 Å². The normalized spacial score (nSPS) is 15.5. The first kappa shape index (κ1) is 17.8. The number of nitriles is 1. The largest absolute Gasteiger partial charge is 0.441 e. The fourth-order valence-electron chi connectivity index (χ4n) is 2.98. The lowest BCUT2D eigenvalue weighted by atomic mass is 9.99. The third-order valence-corrected chi connectivity index (χ3v) is 4.66. The van der Waals surface area contributed by atoms with Crippen molar-refractivity contribution in [2.45, 2.75) is 26.3 Å². The minimum Gasteiger partial charge on any atom is -0.441 e. The van der Waals surface area contributed by atoms with Gasteiger partial charge in [-0.25, -0.2) is 0 Å². The Morgan fingerprint density at radius 3 is 2.69 bits per heavy atom. The summed E-state index contributed by atoms with van der Waals surface area (Å²) < 4.78 is 5.82. The molecule has 2 heterocycles. The molecule has 0 aliphatic carbocycles. The van der Waals surface area contributed by atoms with Gasteiger partial charge in [-0.05, 0) is 30.4 Å². The lowest BCUT2D eigenvalue weighted by Gasteiger charge is -2.29. The van der Waals surface area contributed by atoms with Gasteiger partial charge >= 0.3 is 0 Å². The highest BCUT2D eigenvalue weighted by atomic mass is 16.4. The number of benzene rings is 1. The minimum absolute atomic E-state index is 0.0362. The Bertz CT molecular complexity index is 809. The standard InChI is InChI=1S/C21H23N3O2/c1-16-9-11-24(12-10-16)20-8-7-19(26-20)13-18(14-22)21(25)23-15-17-5-3-2-4-6-17/h2-8,13,16H,9-12,15H2,1H3,(H,23,25)/b18-13+. The van der Waals surface area contributed by atoms with Crippen LogP contribution in [0.4, 0.5) is 5.88 Å². The average molecular weight is 349 g/mol. The molecule has 2 aromatic rings. The fraction of sp³-hybridized carbons (Fsp3) is 0.333. The van der Waals surface area contributed by atoms with Gasteiger partial charge in [0.2, 0.25) is 0 Å². The molecule has 1 saturated heterocycles. The molecule has 0 saturated carbocycles. The van der Waals surface area contributed by atoms with Crippen LogP contribution < -0.4 is 10.2 Å². The first-order valence-corrected chi connectivity index (χ1v) is 8.94. The van der Waals surface area contributed by atoms with Crippen LogP contribution in [0.25, 0.3) is 6.08 Å². The van der Waals surface area contributed by atoms with Crippen molar-refractivity contribution in [3.8, 4) is 6.07 Å². The molecule has 3 rings (SSSR count). The van der Waals surface area contributed by atoms with E-state index < -0.39 is 5.91 Å². The van der Waals surface area contributed by atoms with E-state index >= 15 is 0 Å². The SMILES string of the molecule is CC1CCN(c2ccc(/C=C(\C#N)C(=O)NCc3ccccc3)o2)CC1. The Morgan fingerprint density at radius 1 is 1.27 bits per heavy atom. The molecule has 1 aromatic heterocycles. The highest BCUT2D eigenvalue weighted by Crippen LogP contribution is 2.25. The number of furan rings is 1. The maximum atomic E-state index is 12.2. The Balaban J connectivity index is 1.63. The number of hydrogen-bond donors (Lipinski definition) is 1. The first-order chi connectivity index (χ1) is 12.7. The van der Waals surface area contributed by atoms with Gasteiger partial charge in [0, 0.05) is 31.8 Å². The molecule has 0 atom stereocenters. The van der Waals surface area contributed by atoms with Crippen LogP contribution in [0, 0.1) is 17.2 Å². The molecule has 5 nitrogen and oxygen atoms in total. The van der Waals surface area contributed by atoms with Crippen molar-refractivity contribution in [2.24, 2.45) is 5.92 Å². The van der Waals surface area contributed by atoms with E-state index in [-0.39, 0.29) is 5.57 Å². The minimum atomic E-state index is -0.402. The van der Waals surface area contributed by atoms with E-state index in [1.807, 2.05) is 42.5 Å². The van der Waals surface area contributed by atoms with Gasteiger partial charge in [-0.15, -0.1) is 0 Å². The smallest absolute Gasteiger partial charge is 0.262 e. The summed E-state index contributed by atoms with van der Waals surface area (Å²) in [6, 6.07) is 15.3. The van der Waals surface area contributed by atoms with Gasteiger partial charge in [0.05, 0.1) is 0 Å². The molecule has 0 bridgehead atoms. The maximum Gasteiger partial charge on any atom is 0.262 e. The van der Waals surface area contributed by atoms with Crippen molar-refractivity contribution in [3.63, 3.8) is 0 Å². The van der Waals surface area contributed by atoms with E-state index in [1.165, 1.54) is 6.08 Å². The van der Waals surface area contributed by atoms with Crippen LogP contribution in [0.2, 0.25) is 0 Å². The van der Waals surface area contributed by atoms with Crippen molar-refractivity contribution in [3.05, 3.63) is 59.4 Å². The maximum absolute atomic E-state index is 12.2. The van der Waals surface area contributed by atoms with E-state index in [2.05, 4.69) is 17.1 Å². The number of nitrogens with one attached hydrogen (secondary N) is 1. The second kappa shape index (κ2) is 8.39. The molecule has 26 heavy (non-hydrogen) atoms. The van der Waals surface area contributed by atoms with Crippen LogP contribution in [0.15, 0.2) is 52.5 Å². The predicted octanol–water partition coefficient (Wildman–Crippen LogP) is 3.74. The van der Waals surface area contributed by atoms with Crippen molar-refractivity contribution in [2.75, 3.05) is 18.0 Å². The van der Waals surface area contributed by atoms with Crippen molar-refractivity contribution in [1.29, 1.82) is 5.26 Å². The van der Waals surface area contributed by atoms with E-state index in [1.54, 1.807) is 6.07 Å².